The summed E-state index contributed by atoms with van der Waals surface area (Å²) in [5.74, 6) is -0.105. The summed E-state index contributed by atoms with van der Waals surface area (Å²) in [5.41, 5.74) is 0.733. The van der Waals surface area contributed by atoms with Crippen molar-refractivity contribution < 1.29 is 9.59 Å². The summed E-state index contributed by atoms with van der Waals surface area (Å²) in [7, 11) is 1.56. The fraction of sp³-hybridized carbons (Fsp3) is 0.520. The van der Waals surface area contributed by atoms with Crippen LogP contribution in [0.5, 0.6) is 0 Å². The maximum Gasteiger partial charge on any atom is 0.274 e. The zero-order valence-corrected chi connectivity index (χ0v) is 19.2. The Morgan fingerprint density at radius 2 is 1.84 bits per heavy atom. The third-order valence-corrected chi connectivity index (χ3v) is 7.17. The van der Waals surface area contributed by atoms with Crippen LogP contribution >= 0.6 is 0 Å². The van der Waals surface area contributed by atoms with Crippen molar-refractivity contribution in [3.63, 3.8) is 0 Å². The van der Waals surface area contributed by atoms with Crippen LogP contribution in [0.25, 0.3) is 0 Å². The zero-order chi connectivity index (χ0) is 22.9. The third kappa shape index (κ3) is 4.08. The molecule has 2 fully saturated rings. The number of benzene rings is 1. The zero-order valence-electron chi connectivity index (χ0n) is 19.2. The lowest BCUT2D eigenvalue weighted by atomic mass is 9.83. The lowest BCUT2D eigenvalue weighted by molar-refractivity contribution is -0.133. The summed E-state index contributed by atoms with van der Waals surface area (Å²) in [4.78, 5) is 42.3. The van der Waals surface area contributed by atoms with Gasteiger partial charge >= 0.3 is 0 Å². The topological polar surface area (TPSA) is 75.5 Å². The van der Waals surface area contributed by atoms with E-state index in [1.165, 1.54) is 22.4 Å². The summed E-state index contributed by atoms with van der Waals surface area (Å²) in [5, 5.41) is 4.22. The van der Waals surface area contributed by atoms with E-state index in [0.717, 1.165) is 38.5 Å². The molecule has 0 spiro atoms. The second kappa shape index (κ2) is 8.88. The van der Waals surface area contributed by atoms with Gasteiger partial charge in [-0.05, 0) is 44.2 Å². The number of fused-ring (bicyclic) bond motifs is 1. The Hall–Kier alpha value is -2.96. The molecule has 7 heteroatoms. The predicted octanol–water partition coefficient (Wildman–Crippen LogP) is 2.79. The van der Waals surface area contributed by atoms with Crippen LogP contribution in [0.3, 0.4) is 0 Å². The fourth-order valence-electron chi connectivity index (χ4n) is 5.67. The molecule has 4 rings (SSSR count). The Balaban J connectivity index is 1.72. The largest absolute Gasteiger partial charge is 0.334 e. The standard InChI is InChI=1S/C25H32N4O3/c1-18(30)29-20(16-19-10-6-4-7-11-19)17-25(2)22(29)12-8-5-9-15-28(25)24(32)21-13-14-23(31)27(3)26-21/h4,6-7,10-11,13-14,20,22H,5,8-9,12,15-17H2,1-3H3/t20-,22+,25+/m1/s1. The number of likely N-dealkylation sites (tertiary alicyclic amines) is 2. The van der Waals surface area contributed by atoms with Gasteiger partial charge in [-0.1, -0.05) is 43.2 Å². The SMILES string of the molecule is CC(=O)N1[C@H](Cc2ccccc2)C[C@@]2(C)[C@@H]1CCCCCN2C(=O)c1ccc(=O)n(C)n1. The van der Waals surface area contributed by atoms with Crippen LogP contribution in [0, 0.1) is 0 Å². The molecule has 2 aliphatic rings. The summed E-state index contributed by atoms with van der Waals surface area (Å²) in [6.07, 6.45) is 5.36. The van der Waals surface area contributed by atoms with E-state index in [-0.39, 0.29) is 35.2 Å². The molecule has 0 aliphatic carbocycles. The van der Waals surface area contributed by atoms with Gasteiger partial charge in [0.2, 0.25) is 5.91 Å². The van der Waals surface area contributed by atoms with E-state index in [1.54, 1.807) is 14.0 Å². The molecule has 1 aromatic carbocycles. The highest BCUT2D eigenvalue weighted by molar-refractivity contribution is 5.93. The van der Waals surface area contributed by atoms with Crippen molar-refractivity contribution in [1.82, 2.24) is 19.6 Å². The highest BCUT2D eigenvalue weighted by Gasteiger charge is 2.54. The Labute approximate surface area is 189 Å². The van der Waals surface area contributed by atoms with Crippen molar-refractivity contribution >= 4 is 11.8 Å². The molecule has 0 bridgehead atoms. The van der Waals surface area contributed by atoms with Gasteiger partial charge < -0.3 is 9.80 Å². The molecule has 0 unspecified atom stereocenters. The van der Waals surface area contributed by atoms with Gasteiger partial charge in [-0.2, -0.15) is 5.10 Å². The first kappa shape index (κ1) is 22.2. The third-order valence-electron chi connectivity index (χ3n) is 7.17. The van der Waals surface area contributed by atoms with Crippen LogP contribution in [-0.2, 0) is 18.3 Å². The van der Waals surface area contributed by atoms with E-state index in [1.807, 2.05) is 28.0 Å². The fourth-order valence-corrected chi connectivity index (χ4v) is 5.67. The number of amides is 2. The molecule has 2 amide bonds. The van der Waals surface area contributed by atoms with Crippen LogP contribution in [0.15, 0.2) is 47.3 Å². The number of carbonyl (C=O) groups excluding carboxylic acids is 2. The minimum Gasteiger partial charge on any atom is -0.334 e. The molecule has 2 aliphatic heterocycles. The Bertz CT molecular complexity index is 1050. The van der Waals surface area contributed by atoms with Crippen LogP contribution in [-0.4, -0.2) is 55.6 Å². The second-order valence-electron chi connectivity index (χ2n) is 9.33. The summed E-state index contributed by atoms with van der Waals surface area (Å²) in [6, 6.07) is 13.1. The van der Waals surface area contributed by atoms with Crippen LogP contribution in [0.4, 0.5) is 0 Å². The monoisotopic (exact) mass is 436 g/mol. The molecule has 170 valence electrons. The molecule has 2 saturated heterocycles. The minimum absolute atomic E-state index is 0.0337. The lowest BCUT2D eigenvalue weighted by Crippen LogP contribution is -2.58. The van der Waals surface area contributed by atoms with Crippen molar-refractivity contribution in [3.8, 4) is 0 Å². The van der Waals surface area contributed by atoms with Crippen LogP contribution < -0.4 is 5.56 Å². The van der Waals surface area contributed by atoms with Gasteiger partial charge in [0.25, 0.3) is 11.5 Å². The second-order valence-corrected chi connectivity index (χ2v) is 9.33. The number of hydrogen-bond donors (Lipinski definition) is 0. The Morgan fingerprint density at radius 3 is 2.53 bits per heavy atom. The van der Waals surface area contributed by atoms with Crippen molar-refractivity contribution in [1.29, 1.82) is 0 Å². The van der Waals surface area contributed by atoms with Gasteiger partial charge in [-0.25, -0.2) is 4.68 Å². The molecule has 7 nitrogen and oxygen atoms in total. The predicted molar refractivity (Wildman–Crippen MR) is 122 cm³/mol. The van der Waals surface area contributed by atoms with E-state index in [4.69, 9.17) is 0 Å². The first-order valence-electron chi connectivity index (χ1n) is 11.5. The average Bonchev–Trinajstić information content (AvgIpc) is 3.02. The van der Waals surface area contributed by atoms with Crippen LogP contribution in [0.2, 0.25) is 0 Å². The number of rotatable bonds is 3. The van der Waals surface area contributed by atoms with Gasteiger partial charge in [0, 0.05) is 32.6 Å². The van der Waals surface area contributed by atoms with Crippen molar-refractivity contribution in [2.24, 2.45) is 7.05 Å². The molecule has 0 N–H and O–H groups in total. The average molecular weight is 437 g/mol. The molecular weight excluding hydrogens is 404 g/mol. The van der Waals surface area contributed by atoms with E-state index < -0.39 is 5.54 Å². The van der Waals surface area contributed by atoms with Gasteiger partial charge in [0.15, 0.2) is 0 Å². The number of aromatic nitrogens is 2. The van der Waals surface area contributed by atoms with Crippen LogP contribution in [0.1, 0.15) is 62.0 Å². The van der Waals surface area contributed by atoms with E-state index >= 15 is 0 Å². The Kier molecular flexibility index (Phi) is 6.17. The summed E-state index contributed by atoms with van der Waals surface area (Å²) in [6.45, 7) is 4.40. The maximum absolute atomic E-state index is 13.7. The van der Waals surface area contributed by atoms with Gasteiger partial charge in [0.05, 0.1) is 11.6 Å². The Morgan fingerprint density at radius 1 is 1.09 bits per heavy atom. The van der Waals surface area contributed by atoms with E-state index in [9.17, 15) is 14.4 Å². The van der Waals surface area contributed by atoms with Gasteiger partial charge in [-0.15, -0.1) is 0 Å². The number of nitrogens with zero attached hydrogens (tertiary/aromatic N) is 4. The molecule has 0 saturated carbocycles. The normalized spacial score (nSPS) is 25.7. The molecule has 2 aromatic rings. The van der Waals surface area contributed by atoms with E-state index in [2.05, 4.69) is 24.2 Å². The van der Waals surface area contributed by atoms with Gasteiger partial charge in [-0.3, -0.25) is 14.4 Å². The summed E-state index contributed by atoms with van der Waals surface area (Å²) >= 11 is 0. The number of hydrogen-bond acceptors (Lipinski definition) is 4. The minimum atomic E-state index is -0.487. The maximum atomic E-state index is 13.7. The highest BCUT2D eigenvalue weighted by atomic mass is 16.2. The quantitative estimate of drug-likeness (QED) is 0.742. The highest BCUT2D eigenvalue weighted by Crippen LogP contribution is 2.43. The van der Waals surface area contributed by atoms with Crippen molar-refractivity contribution in [2.75, 3.05) is 6.54 Å². The van der Waals surface area contributed by atoms with E-state index in [0.29, 0.717) is 6.54 Å². The first-order valence-corrected chi connectivity index (χ1v) is 11.5. The van der Waals surface area contributed by atoms with Crippen molar-refractivity contribution in [2.45, 2.75) is 70.0 Å². The molecule has 32 heavy (non-hydrogen) atoms. The summed E-state index contributed by atoms with van der Waals surface area (Å²) < 4.78 is 1.20. The number of carbonyl (C=O) groups is 2. The smallest absolute Gasteiger partial charge is 0.274 e. The first-order chi connectivity index (χ1) is 15.3. The molecule has 1 aromatic heterocycles. The van der Waals surface area contributed by atoms with Crippen molar-refractivity contribution in [3.05, 3.63) is 64.1 Å². The molecule has 0 radical (unpaired) electrons. The molecule has 3 heterocycles. The lowest BCUT2D eigenvalue weighted by Gasteiger charge is -2.45. The molecular formula is C25H32N4O3. The van der Waals surface area contributed by atoms with Gasteiger partial charge in [0.1, 0.15) is 5.69 Å². The number of aryl methyl sites for hydroxylation is 1. The molecule has 3 atom stereocenters.